The van der Waals surface area contributed by atoms with Gasteiger partial charge in [0.1, 0.15) is 17.6 Å². The molecule has 0 heterocycles. The second-order valence-corrected chi connectivity index (χ2v) is 11.1. The Balaban J connectivity index is 0. The van der Waals surface area contributed by atoms with E-state index < -0.39 is 23.1 Å². The molecule has 0 aliphatic rings. The Bertz CT molecular complexity index is 458. The number of rotatable bonds is 22. The van der Waals surface area contributed by atoms with Gasteiger partial charge >= 0.3 is 63.3 Å². The zero-order valence-corrected chi connectivity index (χ0v) is 23.1. The van der Waals surface area contributed by atoms with Crippen molar-refractivity contribution in [3.63, 3.8) is 0 Å². The predicted molar refractivity (Wildman–Crippen MR) is 147 cm³/mol. The van der Waals surface area contributed by atoms with Crippen molar-refractivity contribution in [3.05, 3.63) is 0 Å². The fourth-order valence-corrected chi connectivity index (χ4v) is 4.28. The van der Waals surface area contributed by atoms with Crippen molar-refractivity contribution < 1.29 is 19.1 Å². The van der Waals surface area contributed by atoms with Crippen molar-refractivity contribution in [1.82, 2.24) is 0 Å². The summed E-state index contributed by atoms with van der Waals surface area (Å²) in [4.78, 5) is 24.5. The van der Waals surface area contributed by atoms with E-state index in [1.807, 2.05) is 27.7 Å². The summed E-state index contributed by atoms with van der Waals surface area (Å²) in [6.45, 7) is 12.2. The monoisotopic (exact) mass is 508 g/mol. The molecule has 0 radical (unpaired) electrons. The first-order valence-electron chi connectivity index (χ1n) is 14.1. The molecule has 4 nitrogen and oxygen atoms in total. The normalized spacial score (nSPS) is 11.7. The number of ether oxygens (including phenoxy) is 2. The van der Waals surface area contributed by atoms with Crippen LogP contribution in [0.15, 0.2) is 0 Å². The van der Waals surface area contributed by atoms with E-state index in [2.05, 4.69) is 13.8 Å². The molecule has 0 aliphatic heterocycles. The average Bonchev–Trinajstić information content (AvgIpc) is 2.70. The first kappa shape index (κ1) is 36.7. The summed E-state index contributed by atoms with van der Waals surface area (Å²) in [5.74, 6) is -0.958. The maximum atomic E-state index is 12.3. The molecule has 0 fully saturated rings. The molecule has 0 spiro atoms. The number of carbonyl (C=O) groups excluding carboxylic acids is 2. The molecule has 0 unspecified atom stereocenters. The minimum atomic E-state index is -0.535. The summed E-state index contributed by atoms with van der Waals surface area (Å²) in [7, 11) is 0. The Kier molecular flexibility index (Phi) is 24.6. The molecular formula is C29H57KO4. The fraction of sp³-hybridized carbons (Fsp3) is 0.931. The van der Waals surface area contributed by atoms with E-state index in [0.717, 1.165) is 25.7 Å². The number of unbranched alkanes of at least 4 members (excludes halogenated alkanes) is 14. The van der Waals surface area contributed by atoms with Gasteiger partial charge in [-0.25, -0.2) is 0 Å². The van der Waals surface area contributed by atoms with Gasteiger partial charge in [0.05, 0.1) is 0 Å². The SMILES string of the molecule is CCCCCCCCCCC(C)(C)OC(=O)CC(=O)OC(C)(C)CCCCCCCCCC.[KH]. The van der Waals surface area contributed by atoms with Crippen LogP contribution in [0.3, 0.4) is 0 Å². The van der Waals surface area contributed by atoms with Gasteiger partial charge in [0.2, 0.25) is 0 Å². The van der Waals surface area contributed by atoms with Crippen LogP contribution in [0.2, 0.25) is 0 Å². The van der Waals surface area contributed by atoms with Crippen LogP contribution in [0.1, 0.15) is 164 Å². The molecule has 0 atom stereocenters. The summed E-state index contributed by atoms with van der Waals surface area (Å²) in [5, 5.41) is 0. The van der Waals surface area contributed by atoms with Crippen molar-refractivity contribution in [2.45, 2.75) is 175 Å². The zero-order valence-electron chi connectivity index (χ0n) is 23.1. The van der Waals surface area contributed by atoms with E-state index >= 15 is 0 Å². The molecule has 0 rings (SSSR count). The van der Waals surface area contributed by atoms with Crippen LogP contribution in [0.4, 0.5) is 0 Å². The van der Waals surface area contributed by atoms with Gasteiger partial charge in [-0.2, -0.15) is 0 Å². The zero-order chi connectivity index (χ0) is 25.0. The van der Waals surface area contributed by atoms with E-state index in [1.165, 1.54) is 89.9 Å². The van der Waals surface area contributed by atoms with Gasteiger partial charge in [0.15, 0.2) is 0 Å². The molecule has 0 bridgehead atoms. The van der Waals surface area contributed by atoms with Crippen LogP contribution in [0, 0.1) is 0 Å². The van der Waals surface area contributed by atoms with Crippen molar-refractivity contribution in [2.24, 2.45) is 0 Å². The fourth-order valence-electron chi connectivity index (χ4n) is 4.28. The van der Waals surface area contributed by atoms with Crippen LogP contribution in [0.5, 0.6) is 0 Å². The molecule has 34 heavy (non-hydrogen) atoms. The summed E-state index contributed by atoms with van der Waals surface area (Å²) < 4.78 is 11.2. The Labute approximate surface area is 254 Å². The molecule has 0 aliphatic carbocycles. The molecule has 0 aromatic heterocycles. The Hall–Kier alpha value is 0.576. The molecular weight excluding hydrogens is 451 g/mol. The van der Waals surface area contributed by atoms with Crippen LogP contribution in [-0.2, 0) is 19.1 Å². The summed E-state index contributed by atoms with van der Waals surface area (Å²) in [6, 6.07) is 0. The van der Waals surface area contributed by atoms with Crippen LogP contribution in [0.25, 0.3) is 0 Å². The third-order valence-corrected chi connectivity index (χ3v) is 6.33. The first-order chi connectivity index (χ1) is 15.6. The van der Waals surface area contributed by atoms with Crippen molar-refractivity contribution in [3.8, 4) is 0 Å². The second-order valence-electron chi connectivity index (χ2n) is 11.1. The Morgan fingerprint density at radius 2 is 0.765 bits per heavy atom. The summed E-state index contributed by atoms with van der Waals surface area (Å²) in [5.41, 5.74) is -1.07. The third kappa shape index (κ3) is 24.3. The van der Waals surface area contributed by atoms with Gasteiger partial charge in [0.25, 0.3) is 0 Å². The number of carbonyl (C=O) groups is 2. The Morgan fingerprint density at radius 3 is 1.06 bits per heavy atom. The van der Waals surface area contributed by atoms with E-state index in [-0.39, 0.29) is 57.8 Å². The first-order valence-corrected chi connectivity index (χ1v) is 14.1. The number of hydrogen-bond donors (Lipinski definition) is 0. The second kappa shape index (κ2) is 22.7. The van der Waals surface area contributed by atoms with Crippen LogP contribution in [-0.4, -0.2) is 74.5 Å². The van der Waals surface area contributed by atoms with Gasteiger partial charge in [0, 0.05) is 0 Å². The van der Waals surface area contributed by atoms with E-state index in [1.54, 1.807) is 0 Å². The standard InChI is InChI=1S/C29H56O4.K.H/c1-7-9-11-13-15-17-19-21-23-28(3,4)32-26(30)25-27(31)33-29(5,6)24-22-20-18-16-14-12-10-8-2;;/h7-25H2,1-6H3;;. The molecule has 0 saturated heterocycles. The molecule has 198 valence electrons. The summed E-state index contributed by atoms with van der Waals surface area (Å²) >= 11 is 0. The topological polar surface area (TPSA) is 52.6 Å². The quantitative estimate of drug-likeness (QED) is 0.0637. The predicted octanol–water partition coefficient (Wildman–Crippen LogP) is 8.43. The summed E-state index contributed by atoms with van der Waals surface area (Å²) in [6.07, 6.45) is 21.4. The maximum absolute atomic E-state index is 12.3. The van der Waals surface area contributed by atoms with E-state index in [0.29, 0.717) is 0 Å². The van der Waals surface area contributed by atoms with Crippen LogP contribution < -0.4 is 0 Å². The molecule has 5 heteroatoms. The van der Waals surface area contributed by atoms with Crippen molar-refractivity contribution >= 4 is 63.3 Å². The molecule has 0 aromatic rings. The van der Waals surface area contributed by atoms with Gasteiger partial charge < -0.3 is 9.47 Å². The average molecular weight is 509 g/mol. The number of esters is 2. The van der Waals surface area contributed by atoms with Gasteiger partial charge in [-0.15, -0.1) is 0 Å². The third-order valence-electron chi connectivity index (χ3n) is 6.33. The van der Waals surface area contributed by atoms with Gasteiger partial charge in [-0.3, -0.25) is 9.59 Å². The van der Waals surface area contributed by atoms with Crippen LogP contribution >= 0.6 is 0 Å². The van der Waals surface area contributed by atoms with Gasteiger partial charge in [-0.1, -0.05) is 104 Å². The van der Waals surface area contributed by atoms with Crippen molar-refractivity contribution in [1.29, 1.82) is 0 Å². The van der Waals surface area contributed by atoms with E-state index in [4.69, 9.17) is 9.47 Å². The molecule has 0 aromatic carbocycles. The number of hydrogen-bond acceptors (Lipinski definition) is 4. The Morgan fingerprint density at radius 1 is 0.500 bits per heavy atom. The molecule has 0 N–H and O–H groups in total. The van der Waals surface area contributed by atoms with Crippen molar-refractivity contribution in [2.75, 3.05) is 0 Å². The van der Waals surface area contributed by atoms with E-state index in [9.17, 15) is 9.59 Å². The minimum absolute atomic E-state index is 0. The molecule has 0 saturated carbocycles. The molecule has 0 amide bonds. The van der Waals surface area contributed by atoms with Gasteiger partial charge in [-0.05, 0) is 53.4 Å².